The molecule has 1 heterocycles. The normalized spacial score (nSPS) is 16.6. The lowest BCUT2D eigenvalue weighted by molar-refractivity contribution is 0.0961. The number of aryl methyl sites for hydroxylation is 2. The quantitative estimate of drug-likeness (QED) is 0.726. The molecule has 2 heteroatoms. The third kappa shape index (κ3) is 2.49. The van der Waals surface area contributed by atoms with Gasteiger partial charge in [0.05, 0.1) is 0 Å². The molecule has 0 N–H and O–H groups in total. The molecule has 2 nitrogen and oxygen atoms in total. The van der Waals surface area contributed by atoms with Crippen LogP contribution in [0.4, 0.5) is 0 Å². The van der Waals surface area contributed by atoms with Gasteiger partial charge in [0, 0.05) is 23.4 Å². The smallest absolute Gasteiger partial charge is 0.164 e. The monoisotopic (exact) mass is 217 g/mol. The van der Waals surface area contributed by atoms with Crippen LogP contribution < -0.4 is 0 Å². The van der Waals surface area contributed by atoms with Crippen molar-refractivity contribution in [3.8, 4) is 0 Å². The molecule has 0 aliphatic heterocycles. The maximum atomic E-state index is 12.1. The van der Waals surface area contributed by atoms with Crippen LogP contribution in [0.2, 0.25) is 0 Å². The predicted molar refractivity (Wildman–Crippen MR) is 64.6 cm³/mol. The van der Waals surface area contributed by atoms with Crippen LogP contribution in [0.3, 0.4) is 0 Å². The largest absolute Gasteiger partial charge is 0.294 e. The second-order valence-corrected chi connectivity index (χ2v) is 4.86. The second kappa shape index (κ2) is 4.77. The van der Waals surface area contributed by atoms with Crippen LogP contribution in [-0.2, 0) is 0 Å². The van der Waals surface area contributed by atoms with Crippen molar-refractivity contribution in [2.24, 2.45) is 5.92 Å². The number of carbonyl (C=O) groups is 1. The molecule has 0 unspecified atom stereocenters. The van der Waals surface area contributed by atoms with Gasteiger partial charge in [0.2, 0.25) is 0 Å². The highest BCUT2D eigenvalue weighted by molar-refractivity contribution is 5.97. The fourth-order valence-electron chi connectivity index (χ4n) is 2.57. The molecule has 0 saturated heterocycles. The van der Waals surface area contributed by atoms with Gasteiger partial charge in [0.25, 0.3) is 0 Å². The Kier molecular flexibility index (Phi) is 3.37. The zero-order valence-electron chi connectivity index (χ0n) is 10.1. The molecule has 1 saturated carbocycles. The summed E-state index contributed by atoms with van der Waals surface area (Å²) in [7, 11) is 0. The van der Waals surface area contributed by atoms with E-state index in [-0.39, 0.29) is 5.78 Å². The summed E-state index contributed by atoms with van der Waals surface area (Å²) >= 11 is 0. The fraction of sp³-hybridized carbons (Fsp3) is 0.571. The van der Waals surface area contributed by atoms with Crippen LogP contribution in [0.1, 0.15) is 53.8 Å². The molecule has 0 bridgehead atoms. The lowest BCUT2D eigenvalue weighted by atomic mass is 9.96. The average molecular weight is 217 g/mol. The fourth-order valence-corrected chi connectivity index (χ4v) is 2.57. The maximum absolute atomic E-state index is 12.1. The van der Waals surface area contributed by atoms with E-state index in [1.165, 1.54) is 25.7 Å². The number of Topliss-reactive ketones (excluding diaryl/α,β-unsaturated/α-hetero) is 1. The Bertz CT molecular complexity index is 392. The topological polar surface area (TPSA) is 30.0 Å². The van der Waals surface area contributed by atoms with Gasteiger partial charge in [0.15, 0.2) is 5.78 Å². The third-order valence-corrected chi connectivity index (χ3v) is 3.47. The van der Waals surface area contributed by atoms with Gasteiger partial charge in [-0.25, -0.2) is 0 Å². The number of hydrogen-bond acceptors (Lipinski definition) is 2. The van der Waals surface area contributed by atoms with E-state index in [2.05, 4.69) is 4.98 Å². The highest BCUT2D eigenvalue weighted by Gasteiger charge is 2.20. The Labute approximate surface area is 97.1 Å². The standard InChI is InChI=1S/C14H19NO/c1-10-7-8-13(11(2)15-10)14(16)9-12-5-3-4-6-12/h7-8,12H,3-6,9H2,1-2H3. The summed E-state index contributed by atoms with van der Waals surface area (Å²) in [4.78, 5) is 16.4. The maximum Gasteiger partial charge on any atom is 0.164 e. The number of rotatable bonds is 3. The van der Waals surface area contributed by atoms with E-state index < -0.39 is 0 Å². The molecule has 86 valence electrons. The van der Waals surface area contributed by atoms with Crippen molar-refractivity contribution < 1.29 is 4.79 Å². The lowest BCUT2D eigenvalue weighted by Crippen LogP contribution is -2.08. The molecule has 0 radical (unpaired) electrons. The zero-order valence-corrected chi connectivity index (χ0v) is 10.1. The van der Waals surface area contributed by atoms with Gasteiger partial charge in [-0.2, -0.15) is 0 Å². The minimum Gasteiger partial charge on any atom is -0.294 e. The lowest BCUT2D eigenvalue weighted by Gasteiger charge is -2.09. The van der Waals surface area contributed by atoms with Crippen molar-refractivity contribution in [1.29, 1.82) is 0 Å². The summed E-state index contributed by atoms with van der Waals surface area (Å²) in [6, 6.07) is 3.85. The molecule has 16 heavy (non-hydrogen) atoms. The van der Waals surface area contributed by atoms with E-state index in [0.29, 0.717) is 12.3 Å². The number of hydrogen-bond donors (Lipinski definition) is 0. The molecule has 0 aromatic carbocycles. The van der Waals surface area contributed by atoms with E-state index in [9.17, 15) is 4.79 Å². The van der Waals surface area contributed by atoms with Crippen molar-refractivity contribution >= 4 is 5.78 Å². The van der Waals surface area contributed by atoms with E-state index in [1.54, 1.807) is 0 Å². The van der Waals surface area contributed by atoms with Crippen LogP contribution >= 0.6 is 0 Å². The molecule has 1 aliphatic carbocycles. The molecule has 1 aromatic heterocycles. The SMILES string of the molecule is Cc1ccc(C(=O)CC2CCCC2)c(C)n1. The zero-order chi connectivity index (χ0) is 11.5. The Morgan fingerprint density at radius 3 is 2.62 bits per heavy atom. The number of ketones is 1. The molecular weight excluding hydrogens is 198 g/mol. The second-order valence-electron chi connectivity index (χ2n) is 4.86. The van der Waals surface area contributed by atoms with E-state index >= 15 is 0 Å². The molecule has 1 fully saturated rings. The summed E-state index contributed by atoms with van der Waals surface area (Å²) in [6.45, 7) is 3.88. The Balaban J connectivity index is 2.08. The van der Waals surface area contributed by atoms with Gasteiger partial charge in [-0.15, -0.1) is 0 Å². The Hall–Kier alpha value is -1.18. The minimum atomic E-state index is 0.275. The van der Waals surface area contributed by atoms with Crippen LogP contribution in [0.5, 0.6) is 0 Å². The van der Waals surface area contributed by atoms with Crippen LogP contribution in [0, 0.1) is 19.8 Å². The van der Waals surface area contributed by atoms with Gasteiger partial charge >= 0.3 is 0 Å². The molecule has 1 aromatic rings. The number of carbonyl (C=O) groups excluding carboxylic acids is 1. The number of aromatic nitrogens is 1. The van der Waals surface area contributed by atoms with Crippen molar-refractivity contribution in [2.75, 3.05) is 0 Å². The van der Waals surface area contributed by atoms with Crippen molar-refractivity contribution in [3.63, 3.8) is 0 Å². The summed E-state index contributed by atoms with van der Waals surface area (Å²) in [5, 5.41) is 0. The first kappa shape index (κ1) is 11.3. The van der Waals surface area contributed by atoms with E-state index in [4.69, 9.17) is 0 Å². The molecule has 0 spiro atoms. The van der Waals surface area contributed by atoms with Crippen molar-refractivity contribution in [2.45, 2.75) is 46.0 Å². The molecule has 2 rings (SSSR count). The van der Waals surface area contributed by atoms with Crippen LogP contribution in [0.15, 0.2) is 12.1 Å². The third-order valence-electron chi connectivity index (χ3n) is 3.47. The number of pyridine rings is 1. The summed E-state index contributed by atoms with van der Waals surface area (Å²) in [5.74, 6) is 0.894. The van der Waals surface area contributed by atoms with Gasteiger partial charge < -0.3 is 0 Å². The van der Waals surface area contributed by atoms with Gasteiger partial charge in [-0.1, -0.05) is 25.7 Å². The first-order valence-corrected chi connectivity index (χ1v) is 6.14. The summed E-state index contributed by atoms with van der Waals surface area (Å²) in [5.41, 5.74) is 2.68. The Morgan fingerprint density at radius 2 is 2.00 bits per heavy atom. The Morgan fingerprint density at radius 1 is 1.31 bits per heavy atom. The average Bonchev–Trinajstić information content (AvgIpc) is 2.70. The van der Waals surface area contributed by atoms with Gasteiger partial charge in [-0.3, -0.25) is 9.78 Å². The van der Waals surface area contributed by atoms with Crippen LogP contribution in [-0.4, -0.2) is 10.8 Å². The first-order chi connectivity index (χ1) is 7.66. The minimum absolute atomic E-state index is 0.275. The van der Waals surface area contributed by atoms with E-state index in [1.807, 2.05) is 26.0 Å². The van der Waals surface area contributed by atoms with Crippen molar-refractivity contribution in [3.05, 3.63) is 29.1 Å². The predicted octanol–water partition coefficient (Wildman–Crippen LogP) is 3.46. The summed E-state index contributed by atoms with van der Waals surface area (Å²) in [6.07, 6.45) is 5.76. The van der Waals surface area contributed by atoms with Gasteiger partial charge in [-0.05, 0) is 31.9 Å². The highest BCUT2D eigenvalue weighted by atomic mass is 16.1. The number of nitrogens with zero attached hydrogens (tertiary/aromatic N) is 1. The van der Waals surface area contributed by atoms with Crippen LogP contribution in [0.25, 0.3) is 0 Å². The molecule has 0 atom stereocenters. The summed E-state index contributed by atoms with van der Waals surface area (Å²) < 4.78 is 0. The molecule has 1 aliphatic rings. The van der Waals surface area contributed by atoms with Crippen molar-refractivity contribution in [1.82, 2.24) is 4.98 Å². The molecule has 0 amide bonds. The first-order valence-electron chi connectivity index (χ1n) is 6.14. The highest BCUT2D eigenvalue weighted by Crippen LogP contribution is 2.28. The van der Waals surface area contributed by atoms with E-state index in [0.717, 1.165) is 17.0 Å². The molecular formula is C14H19NO. The van der Waals surface area contributed by atoms with Gasteiger partial charge in [0.1, 0.15) is 0 Å².